The lowest BCUT2D eigenvalue weighted by atomic mass is 10.0. The van der Waals surface area contributed by atoms with E-state index in [-0.39, 0.29) is 11.9 Å². The number of fused-ring (bicyclic) bond motifs is 1. The van der Waals surface area contributed by atoms with Gasteiger partial charge in [-0.05, 0) is 36.2 Å². The van der Waals surface area contributed by atoms with Gasteiger partial charge in [-0.3, -0.25) is 5.84 Å². The van der Waals surface area contributed by atoms with Crippen molar-refractivity contribution in [1.82, 2.24) is 5.43 Å². The summed E-state index contributed by atoms with van der Waals surface area (Å²) in [5.41, 5.74) is 4.42. The molecule has 1 aromatic heterocycles. The fraction of sp³-hybridized carbons (Fsp3) is 0.125. The molecule has 3 rings (SSSR count). The van der Waals surface area contributed by atoms with Crippen LogP contribution < -0.4 is 11.3 Å². The Morgan fingerprint density at radius 2 is 1.95 bits per heavy atom. The topological polar surface area (TPSA) is 51.2 Å². The summed E-state index contributed by atoms with van der Waals surface area (Å²) in [4.78, 5) is 0. The normalized spacial score (nSPS) is 12.7. The van der Waals surface area contributed by atoms with Crippen LogP contribution >= 0.6 is 0 Å². The molecule has 1 heterocycles. The Morgan fingerprint density at radius 1 is 1.10 bits per heavy atom. The number of furan rings is 1. The molecule has 0 radical (unpaired) electrons. The summed E-state index contributed by atoms with van der Waals surface area (Å²) in [6.07, 6.45) is 0.564. The molecule has 4 heteroatoms. The summed E-state index contributed by atoms with van der Waals surface area (Å²) in [7, 11) is 0. The largest absolute Gasteiger partial charge is 0.459 e. The van der Waals surface area contributed by atoms with Gasteiger partial charge >= 0.3 is 0 Å². The SMILES string of the molecule is NNC(Cc1cccc(F)c1)c1cc2ccccc2o1. The minimum atomic E-state index is -0.247. The first-order chi connectivity index (χ1) is 9.76. The first-order valence-corrected chi connectivity index (χ1v) is 6.45. The molecule has 0 saturated carbocycles. The molecule has 0 spiro atoms. The minimum Gasteiger partial charge on any atom is -0.459 e. The maximum Gasteiger partial charge on any atom is 0.134 e. The van der Waals surface area contributed by atoms with Crippen molar-refractivity contribution in [2.45, 2.75) is 12.5 Å². The van der Waals surface area contributed by atoms with Crippen LogP contribution in [-0.4, -0.2) is 0 Å². The van der Waals surface area contributed by atoms with E-state index >= 15 is 0 Å². The van der Waals surface area contributed by atoms with Crippen molar-refractivity contribution in [3.63, 3.8) is 0 Å². The maximum atomic E-state index is 13.2. The van der Waals surface area contributed by atoms with Crippen molar-refractivity contribution < 1.29 is 8.81 Å². The molecular formula is C16H15FN2O. The number of nitrogens with two attached hydrogens (primary N) is 1. The lowest BCUT2D eigenvalue weighted by molar-refractivity contribution is 0.434. The number of hydrogen-bond donors (Lipinski definition) is 2. The summed E-state index contributed by atoms with van der Waals surface area (Å²) < 4.78 is 19.0. The third kappa shape index (κ3) is 2.57. The van der Waals surface area contributed by atoms with E-state index in [4.69, 9.17) is 10.3 Å². The smallest absolute Gasteiger partial charge is 0.134 e. The Hall–Kier alpha value is -2.17. The molecule has 0 amide bonds. The van der Waals surface area contributed by atoms with Crippen molar-refractivity contribution >= 4 is 11.0 Å². The second-order valence-corrected chi connectivity index (χ2v) is 4.74. The summed E-state index contributed by atoms with van der Waals surface area (Å²) in [5, 5.41) is 1.03. The lowest BCUT2D eigenvalue weighted by Crippen LogP contribution is -2.29. The molecule has 0 aliphatic heterocycles. The van der Waals surface area contributed by atoms with Gasteiger partial charge in [0, 0.05) is 5.39 Å². The third-order valence-electron chi connectivity index (χ3n) is 3.32. The van der Waals surface area contributed by atoms with Crippen LogP contribution in [-0.2, 0) is 6.42 Å². The fourth-order valence-electron chi connectivity index (χ4n) is 2.32. The van der Waals surface area contributed by atoms with Crippen LogP contribution in [0.15, 0.2) is 59.0 Å². The molecule has 0 aliphatic carbocycles. The number of nitrogens with one attached hydrogen (secondary N) is 1. The van der Waals surface area contributed by atoms with Crippen molar-refractivity contribution in [2.24, 2.45) is 5.84 Å². The summed E-state index contributed by atoms with van der Waals surface area (Å²) in [6, 6.07) is 16.0. The minimum absolute atomic E-state index is 0.191. The van der Waals surface area contributed by atoms with Gasteiger partial charge in [0.25, 0.3) is 0 Å². The highest BCUT2D eigenvalue weighted by molar-refractivity contribution is 5.77. The second kappa shape index (κ2) is 5.45. The molecule has 0 fully saturated rings. The quantitative estimate of drug-likeness (QED) is 0.565. The van der Waals surface area contributed by atoms with Crippen LogP contribution in [0.4, 0.5) is 4.39 Å². The van der Waals surface area contributed by atoms with E-state index in [0.717, 1.165) is 22.3 Å². The predicted octanol–water partition coefficient (Wildman–Crippen LogP) is 3.32. The molecule has 0 saturated heterocycles. The number of rotatable bonds is 4. The fourth-order valence-corrected chi connectivity index (χ4v) is 2.32. The van der Waals surface area contributed by atoms with Crippen molar-refractivity contribution in [3.05, 3.63) is 71.7 Å². The molecular weight excluding hydrogens is 255 g/mol. The van der Waals surface area contributed by atoms with Gasteiger partial charge in [0.1, 0.15) is 17.2 Å². The van der Waals surface area contributed by atoms with Crippen molar-refractivity contribution in [2.75, 3.05) is 0 Å². The number of para-hydroxylation sites is 1. The molecule has 1 unspecified atom stereocenters. The standard InChI is InChI=1S/C16H15FN2O/c17-13-6-3-4-11(8-13)9-14(19-18)16-10-12-5-1-2-7-15(12)20-16/h1-8,10,14,19H,9,18H2. The first-order valence-electron chi connectivity index (χ1n) is 6.45. The summed E-state index contributed by atoms with van der Waals surface area (Å²) >= 11 is 0. The van der Waals surface area contributed by atoms with Gasteiger partial charge in [0.15, 0.2) is 0 Å². The molecule has 3 aromatic rings. The highest BCUT2D eigenvalue weighted by Gasteiger charge is 2.15. The van der Waals surface area contributed by atoms with E-state index in [1.54, 1.807) is 6.07 Å². The van der Waals surface area contributed by atoms with Gasteiger partial charge in [-0.25, -0.2) is 9.82 Å². The maximum absolute atomic E-state index is 13.2. The highest BCUT2D eigenvalue weighted by Crippen LogP contribution is 2.25. The zero-order valence-corrected chi connectivity index (χ0v) is 10.8. The molecule has 3 nitrogen and oxygen atoms in total. The van der Waals surface area contributed by atoms with Gasteiger partial charge in [0.05, 0.1) is 6.04 Å². The number of hydrazine groups is 1. The van der Waals surface area contributed by atoms with Crippen molar-refractivity contribution in [3.8, 4) is 0 Å². The van der Waals surface area contributed by atoms with E-state index in [1.165, 1.54) is 12.1 Å². The molecule has 0 bridgehead atoms. The summed E-state index contributed by atoms with van der Waals surface area (Å²) in [6.45, 7) is 0. The Balaban J connectivity index is 1.89. The predicted molar refractivity (Wildman–Crippen MR) is 76.4 cm³/mol. The van der Waals surface area contributed by atoms with Crippen LogP contribution in [0.1, 0.15) is 17.4 Å². The zero-order chi connectivity index (χ0) is 13.9. The van der Waals surface area contributed by atoms with Crippen LogP contribution in [0.5, 0.6) is 0 Å². The Bertz CT molecular complexity index is 690. The number of halogens is 1. The molecule has 102 valence electrons. The Morgan fingerprint density at radius 3 is 2.70 bits per heavy atom. The van der Waals surface area contributed by atoms with Gasteiger partial charge in [-0.15, -0.1) is 0 Å². The number of hydrogen-bond acceptors (Lipinski definition) is 3. The van der Waals surface area contributed by atoms with Crippen LogP contribution in [0, 0.1) is 5.82 Å². The highest BCUT2D eigenvalue weighted by atomic mass is 19.1. The van der Waals surface area contributed by atoms with Crippen molar-refractivity contribution in [1.29, 1.82) is 0 Å². The van der Waals surface area contributed by atoms with Gasteiger partial charge in [0.2, 0.25) is 0 Å². The summed E-state index contributed by atoms with van der Waals surface area (Å²) in [5.74, 6) is 6.11. The van der Waals surface area contributed by atoms with Crippen LogP contribution in [0.3, 0.4) is 0 Å². The molecule has 2 aromatic carbocycles. The molecule has 3 N–H and O–H groups in total. The molecule has 0 aliphatic rings. The van der Waals surface area contributed by atoms with E-state index in [0.29, 0.717) is 6.42 Å². The first kappa shape index (κ1) is 12.8. The Kier molecular flexibility index (Phi) is 3.50. The average molecular weight is 270 g/mol. The Labute approximate surface area is 116 Å². The molecule has 1 atom stereocenters. The van der Waals surface area contributed by atoms with E-state index in [2.05, 4.69) is 5.43 Å². The van der Waals surface area contributed by atoms with E-state index in [9.17, 15) is 4.39 Å². The zero-order valence-electron chi connectivity index (χ0n) is 10.8. The van der Waals surface area contributed by atoms with Gasteiger partial charge in [-0.1, -0.05) is 30.3 Å². The van der Waals surface area contributed by atoms with Crippen LogP contribution in [0.25, 0.3) is 11.0 Å². The van der Waals surface area contributed by atoms with E-state index < -0.39 is 0 Å². The second-order valence-electron chi connectivity index (χ2n) is 4.74. The third-order valence-corrected chi connectivity index (χ3v) is 3.32. The van der Waals surface area contributed by atoms with Crippen LogP contribution in [0.2, 0.25) is 0 Å². The molecule has 20 heavy (non-hydrogen) atoms. The van der Waals surface area contributed by atoms with E-state index in [1.807, 2.05) is 36.4 Å². The van der Waals surface area contributed by atoms with Gasteiger partial charge in [-0.2, -0.15) is 0 Å². The number of benzene rings is 2. The lowest BCUT2D eigenvalue weighted by Gasteiger charge is -2.13. The average Bonchev–Trinajstić information content (AvgIpc) is 2.88. The van der Waals surface area contributed by atoms with Gasteiger partial charge < -0.3 is 4.42 Å². The monoisotopic (exact) mass is 270 g/mol.